The monoisotopic (exact) mass is 283 g/mol. The van der Waals surface area contributed by atoms with Crippen LogP contribution >= 0.6 is 0 Å². The lowest BCUT2D eigenvalue weighted by atomic mass is 10.1. The Bertz CT molecular complexity index is 651. The molecule has 0 spiro atoms. The smallest absolute Gasteiger partial charge is 0.222 e. The molecule has 0 aromatic carbocycles. The van der Waals surface area contributed by atoms with Crippen LogP contribution in [0.4, 0.5) is 11.8 Å². The van der Waals surface area contributed by atoms with E-state index in [0.29, 0.717) is 6.42 Å². The van der Waals surface area contributed by atoms with Crippen LogP contribution in [-0.4, -0.2) is 15.0 Å². The fourth-order valence-corrected chi connectivity index (χ4v) is 2.21. The zero-order chi connectivity index (χ0) is 15.4. The van der Waals surface area contributed by atoms with Gasteiger partial charge in [-0.15, -0.1) is 6.58 Å². The number of hydrogen-bond acceptors (Lipinski definition) is 5. The van der Waals surface area contributed by atoms with E-state index < -0.39 is 0 Å². The Labute approximate surface area is 125 Å². The van der Waals surface area contributed by atoms with Crippen molar-refractivity contribution in [2.75, 3.05) is 11.1 Å². The third kappa shape index (κ3) is 3.56. The number of allylic oxidation sites excluding steroid dienone is 1. The molecule has 1 atom stereocenters. The topological polar surface area (TPSA) is 76.7 Å². The van der Waals surface area contributed by atoms with E-state index in [1.54, 1.807) is 0 Å². The minimum Gasteiger partial charge on any atom is -0.368 e. The highest BCUT2D eigenvalue weighted by atomic mass is 15.1. The molecule has 0 aliphatic heterocycles. The average Bonchev–Trinajstić information content (AvgIpc) is 2.42. The van der Waals surface area contributed by atoms with Crippen molar-refractivity contribution in [3.05, 3.63) is 53.5 Å². The summed E-state index contributed by atoms with van der Waals surface area (Å²) in [6, 6.07) is 6.00. The quantitative estimate of drug-likeness (QED) is 0.825. The molecule has 0 fully saturated rings. The Hall–Kier alpha value is -2.43. The summed E-state index contributed by atoms with van der Waals surface area (Å²) in [6.45, 7) is 9.74. The molecule has 0 aliphatic carbocycles. The van der Waals surface area contributed by atoms with Gasteiger partial charge in [-0.25, -0.2) is 4.98 Å². The van der Waals surface area contributed by atoms with E-state index in [4.69, 9.17) is 5.73 Å². The summed E-state index contributed by atoms with van der Waals surface area (Å²) in [5.74, 6) is 1.02. The number of pyridine rings is 1. The number of anilines is 2. The van der Waals surface area contributed by atoms with Gasteiger partial charge in [-0.2, -0.15) is 4.98 Å². The largest absolute Gasteiger partial charge is 0.368 e. The van der Waals surface area contributed by atoms with Crippen molar-refractivity contribution >= 4 is 11.8 Å². The van der Waals surface area contributed by atoms with Gasteiger partial charge in [-0.05, 0) is 39.3 Å². The van der Waals surface area contributed by atoms with E-state index in [1.165, 1.54) is 0 Å². The number of nitrogens with one attached hydrogen (secondary N) is 1. The summed E-state index contributed by atoms with van der Waals surface area (Å²) < 4.78 is 0. The van der Waals surface area contributed by atoms with Gasteiger partial charge in [-0.3, -0.25) is 4.98 Å². The minimum absolute atomic E-state index is 0.0298. The highest BCUT2D eigenvalue weighted by Gasteiger charge is 2.13. The van der Waals surface area contributed by atoms with Crippen molar-refractivity contribution in [1.82, 2.24) is 15.0 Å². The lowest BCUT2D eigenvalue weighted by Gasteiger charge is -2.18. The standard InChI is InChI=1S/C16H21N5/c1-5-7-13-11(3)20-16(17)21-15(13)19-12(4)14-9-6-8-10(2)18-14/h5-6,8-9,12H,1,7H2,2-4H3,(H3,17,19,20,21). The molecule has 0 saturated carbocycles. The van der Waals surface area contributed by atoms with Crippen LogP contribution in [0.1, 0.15) is 35.6 Å². The van der Waals surface area contributed by atoms with Gasteiger partial charge in [0, 0.05) is 17.0 Å². The molecule has 0 saturated heterocycles. The summed E-state index contributed by atoms with van der Waals surface area (Å²) in [4.78, 5) is 13.1. The van der Waals surface area contributed by atoms with E-state index in [-0.39, 0.29) is 12.0 Å². The van der Waals surface area contributed by atoms with Gasteiger partial charge in [0.1, 0.15) is 5.82 Å². The van der Waals surface area contributed by atoms with Crippen molar-refractivity contribution in [2.24, 2.45) is 0 Å². The Kier molecular flexibility index (Phi) is 4.52. The second kappa shape index (κ2) is 6.35. The van der Waals surface area contributed by atoms with Gasteiger partial charge in [0.05, 0.1) is 11.7 Å². The van der Waals surface area contributed by atoms with Crippen LogP contribution in [0.3, 0.4) is 0 Å². The average molecular weight is 283 g/mol. The third-order valence-electron chi connectivity index (χ3n) is 3.29. The molecule has 1 unspecified atom stereocenters. The molecule has 0 bridgehead atoms. The van der Waals surface area contributed by atoms with Crippen LogP contribution in [-0.2, 0) is 6.42 Å². The maximum absolute atomic E-state index is 5.76. The Balaban J connectivity index is 2.32. The molecule has 5 nitrogen and oxygen atoms in total. The normalized spacial score (nSPS) is 12.0. The minimum atomic E-state index is 0.0298. The summed E-state index contributed by atoms with van der Waals surface area (Å²) in [7, 11) is 0. The number of nitrogens with zero attached hydrogens (tertiary/aromatic N) is 3. The lowest BCUT2D eigenvalue weighted by Crippen LogP contribution is -2.14. The molecule has 3 N–H and O–H groups in total. The molecule has 2 rings (SSSR count). The predicted octanol–water partition coefficient (Wildman–Crippen LogP) is 2.97. The van der Waals surface area contributed by atoms with Crippen molar-refractivity contribution in [1.29, 1.82) is 0 Å². The van der Waals surface area contributed by atoms with E-state index >= 15 is 0 Å². The van der Waals surface area contributed by atoms with Gasteiger partial charge in [0.25, 0.3) is 0 Å². The SMILES string of the molecule is C=CCc1c(C)nc(N)nc1NC(C)c1cccc(C)n1. The summed E-state index contributed by atoms with van der Waals surface area (Å²) in [6.07, 6.45) is 2.53. The van der Waals surface area contributed by atoms with E-state index in [9.17, 15) is 0 Å². The van der Waals surface area contributed by atoms with Crippen LogP contribution < -0.4 is 11.1 Å². The van der Waals surface area contributed by atoms with Crippen LogP contribution in [0.5, 0.6) is 0 Å². The number of hydrogen-bond donors (Lipinski definition) is 2. The second-order valence-corrected chi connectivity index (χ2v) is 5.06. The van der Waals surface area contributed by atoms with E-state index in [2.05, 4.69) is 26.8 Å². The molecule has 2 aromatic rings. The molecule has 110 valence electrons. The number of nitrogens with two attached hydrogens (primary N) is 1. The molecule has 2 aromatic heterocycles. The maximum Gasteiger partial charge on any atom is 0.222 e. The van der Waals surface area contributed by atoms with Gasteiger partial charge < -0.3 is 11.1 Å². The van der Waals surface area contributed by atoms with E-state index in [1.807, 2.05) is 45.0 Å². The first kappa shape index (κ1) is 15.0. The molecule has 0 radical (unpaired) electrons. The fraction of sp³-hybridized carbons (Fsp3) is 0.312. The number of aromatic nitrogens is 3. The summed E-state index contributed by atoms with van der Waals surface area (Å²) in [5, 5.41) is 3.38. The zero-order valence-corrected chi connectivity index (χ0v) is 12.7. The molecular formula is C16H21N5. The predicted molar refractivity (Wildman–Crippen MR) is 86.1 cm³/mol. The van der Waals surface area contributed by atoms with Crippen molar-refractivity contribution < 1.29 is 0 Å². The molecular weight excluding hydrogens is 262 g/mol. The van der Waals surface area contributed by atoms with Gasteiger partial charge in [0.2, 0.25) is 5.95 Å². The Morgan fingerprint density at radius 1 is 1.29 bits per heavy atom. The van der Waals surface area contributed by atoms with Gasteiger partial charge in [0.15, 0.2) is 0 Å². The zero-order valence-electron chi connectivity index (χ0n) is 12.7. The highest BCUT2D eigenvalue weighted by Crippen LogP contribution is 2.23. The number of aryl methyl sites for hydroxylation is 2. The van der Waals surface area contributed by atoms with Crippen LogP contribution in [0.25, 0.3) is 0 Å². The summed E-state index contributed by atoms with van der Waals surface area (Å²) in [5.41, 5.74) is 9.60. The van der Waals surface area contributed by atoms with Crippen LogP contribution in [0, 0.1) is 13.8 Å². The third-order valence-corrected chi connectivity index (χ3v) is 3.29. The van der Waals surface area contributed by atoms with Gasteiger partial charge >= 0.3 is 0 Å². The van der Waals surface area contributed by atoms with Crippen molar-refractivity contribution in [2.45, 2.75) is 33.2 Å². The van der Waals surface area contributed by atoms with Crippen LogP contribution in [0.2, 0.25) is 0 Å². The lowest BCUT2D eigenvalue weighted by molar-refractivity contribution is 0.818. The van der Waals surface area contributed by atoms with Crippen LogP contribution in [0.15, 0.2) is 30.9 Å². The molecule has 5 heteroatoms. The highest BCUT2D eigenvalue weighted by molar-refractivity contribution is 5.51. The number of nitrogen functional groups attached to an aromatic ring is 1. The molecule has 0 aliphatic rings. The maximum atomic E-state index is 5.76. The second-order valence-electron chi connectivity index (χ2n) is 5.06. The first-order valence-corrected chi connectivity index (χ1v) is 6.95. The Morgan fingerprint density at radius 3 is 2.71 bits per heavy atom. The number of rotatable bonds is 5. The van der Waals surface area contributed by atoms with Crippen molar-refractivity contribution in [3.63, 3.8) is 0 Å². The molecule has 21 heavy (non-hydrogen) atoms. The summed E-state index contributed by atoms with van der Waals surface area (Å²) >= 11 is 0. The Morgan fingerprint density at radius 2 is 2.05 bits per heavy atom. The van der Waals surface area contributed by atoms with Gasteiger partial charge in [-0.1, -0.05) is 12.1 Å². The fourth-order valence-electron chi connectivity index (χ4n) is 2.21. The van der Waals surface area contributed by atoms with Crippen molar-refractivity contribution in [3.8, 4) is 0 Å². The molecule has 0 amide bonds. The molecule has 2 heterocycles. The first-order valence-electron chi connectivity index (χ1n) is 6.95. The first-order chi connectivity index (χ1) is 10.0. The van der Waals surface area contributed by atoms with E-state index in [0.717, 1.165) is 28.5 Å².